The lowest BCUT2D eigenvalue weighted by Crippen LogP contribution is -2.25. The summed E-state index contributed by atoms with van der Waals surface area (Å²) < 4.78 is 6.54. The predicted octanol–water partition coefficient (Wildman–Crippen LogP) is 6.55. The summed E-state index contributed by atoms with van der Waals surface area (Å²) in [4.78, 5) is 19.0. The van der Waals surface area contributed by atoms with E-state index >= 15 is 0 Å². The molecule has 0 bridgehead atoms. The Morgan fingerprint density at radius 3 is 2.67 bits per heavy atom. The average molecular weight is 476 g/mol. The van der Waals surface area contributed by atoms with E-state index in [9.17, 15) is 4.79 Å². The van der Waals surface area contributed by atoms with Gasteiger partial charge < -0.3 is 4.74 Å². The number of carbonyl (C=O) groups excluding carboxylic acids is 1. The quantitative estimate of drug-likeness (QED) is 0.156. The van der Waals surface area contributed by atoms with Gasteiger partial charge in [0.05, 0.1) is 23.0 Å². The largest absolute Gasteiger partial charge is 0.494 e. The van der Waals surface area contributed by atoms with Crippen molar-refractivity contribution < 1.29 is 9.53 Å². The summed E-state index contributed by atoms with van der Waals surface area (Å²) in [6.07, 6.45) is 2.05. The van der Waals surface area contributed by atoms with Crippen LogP contribution in [0.4, 0.5) is 5.13 Å². The number of aromatic nitrogens is 1. The molecule has 7 heteroatoms. The van der Waals surface area contributed by atoms with Crippen LogP contribution in [0, 0.1) is 6.92 Å². The van der Waals surface area contributed by atoms with Gasteiger partial charge in [-0.3, -0.25) is 4.79 Å². The van der Waals surface area contributed by atoms with Crippen molar-refractivity contribution in [3.8, 4) is 5.75 Å². The van der Waals surface area contributed by atoms with Crippen LogP contribution in [-0.4, -0.2) is 29.5 Å². The number of thiazole rings is 1. The van der Waals surface area contributed by atoms with E-state index in [1.807, 2.05) is 80.6 Å². The van der Waals surface area contributed by atoms with E-state index in [2.05, 4.69) is 16.2 Å². The molecule has 0 aliphatic carbocycles. The van der Waals surface area contributed by atoms with Crippen molar-refractivity contribution in [2.24, 2.45) is 5.10 Å². The molecule has 0 spiro atoms. The number of hydrogen-bond donors (Lipinski definition) is 0. The molecule has 0 radical (unpaired) electrons. The zero-order chi connectivity index (χ0) is 23.0. The Kier molecular flexibility index (Phi) is 7.75. The zero-order valence-electron chi connectivity index (χ0n) is 18.6. The van der Waals surface area contributed by atoms with Crippen molar-refractivity contribution in [3.05, 3.63) is 83.9 Å². The van der Waals surface area contributed by atoms with E-state index in [-0.39, 0.29) is 5.91 Å². The van der Waals surface area contributed by atoms with Gasteiger partial charge >= 0.3 is 0 Å². The van der Waals surface area contributed by atoms with Crippen LogP contribution < -0.4 is 9.75 Å². The monoisotopic (exact) mass is 475 g/mol. The average Bonchev–Trinajstić information content (AvgIpc) is 3.24. The summed E-state index contributed by atoms with van der Waals surface area (Å²) in [7, 11) is 0. The molecule has 1 aromatic heterocycles. The van der Waals surface area contributed by atoms with E-state index in [0.717, 1.165) is 32.0 Å². The number of aryl methyl sites for hydroxylation is 1. The van der Waals surface area contributed by atoms with Crippen LogP contribution in [-0.2, 0) is 4.79 Å². The Labute approximate surface area is 202 Å². The molecule has 0 N–H and O–H groups in total. The van der Waals surface area contributed by atoms with Gasteiger partial charge in [-0.05, 0) is 73.5 Å². The molecular formula is C26H25N3O2S2. The molecule has 0 aliphatic heterocycles. The SMILES string of the molecule is CCOc1ccc(/C=N/N(C(=O)CCSc2ccccc2)c2nc3ccc(C)cc3s2)cc1. The van der Waals surface area contributed by atoms with Crippen molar-refractivity contribution in [2.45, 2.75) is 25.2 Å². The Morgan fingerprint density at radius 1 is 1.12 bits per heavy atom. The minimum Gasteiger partial charge on any atom is -0.494 e. The first-order valence-electron chi connectivity index (χ1n) is 10.8. The molecule has 0 fully saturated rings. The minimum absolute atomic E-state index is 0.0867. The number of hydrazone groups is 1. The molecule has 4 rings (SSSR count). The first kappa shape index (κ1) is 23.0. The highest BCUT2D eigenvalue weighted by Crippen LogP contribution is 2.30. The fourth-order valence-electron chi connectivity index (χ4n) is 3.15. The smallest absolute Gasteiger partial charge is 0.250 e. The van der Waals surface area contributed by atoms with Crippen LogP contribution in [0.5, 0.6) is 5.75 Å². The highest BCUT2D eigenvalue weighted by atomic mass is 32.2. The van der Waals surface area contributed by atoms with Crippen molar-refractivity contribution in [2.75, 3.05) is 17.4 Å². The van der Waals surface area contributed by atoms with Crippen molar-refractivity contribution in [1.29, 1.82) is 0 Å². The number of ether oxygens (including phenoxy) is 1. The summed E-state index contributed by atoms with van der Waals surface area (Å²) >= 11 is 3.13. The van der Waals surface area contributed by atoms with E-state index in [1.54, 1.807) is 18.0 Å². The summed E-state index contributed by atoms with van der Waals surface area (Å²) in [5, 5.41) is 6.55. The molecule has 0 atom stereocenters. The molecule has 168 valence electrons. The number of rotatable bonds is 9. The van der Waals surface area contributed by atoms with E-state index in [1.165, 1.54) is 16.3 Å². The normalized spacial score (nSPS) is 11.2. The highest BCUT2D eigenvalue weighted by Gasteiger charge is 2.19. The third kappa shape index (κ3) is 6.21. The third-order valence-electron chi connectivity index (χ3n) is 4.79. The maximum atomic E-state index is 13.2. The first-order chi connectivity index (χ1) is 16.1. The van der Waals surface area contributed by atoms with Crippen LogP contribution in [0.2, 0.25) is 0 Å². The molecule has 0 aliphatic rings. The van der Waals surface area contributed by atoms with Gasteiger partial charge in [0, 0.05) is 17.1 Å². The fraction of sp³-hybridized carbons (Fsp3) is 0.192. The molecule has 33 heavy (non-hydrogen) atoms. The molecule has 1 amide bonds. The second kappa shape index (κ2) is 11.1. The maximum absolute atomic E-state index is 13.2. The number of thioether (sulfide) groups is 1. The molecule has 1 heterocycles. The second-order valence-electron chi connectivity index (χ2n) is 7.33. The van der Waals surface area contributed by atoms with E-state index in [0.29, 0.717) is 23.9 Å². The summed E-state index contributed by atoms with van der Waals surface area (Å²) in [5.74, 6) is 1.39. The summed E-state index contributed by atoms with van der Waals surface area (Å²) in [6.45, 7) is 4.62. The molecule has 0 unspecified atom stereocenters. The molecular weight excluding hydrogens is 450 g/mol. The van der Waals surface area contributed by atoms with Crippen molar-refractivity contribution in [3.63, 3.8) is 0 Å². The fourth-order valence-corrected chi connectivity index (χ4v) is 5.05. The van der Waals surface area contributed by atoms with Crippen LogP contribution in [0.25, 0.3) is 10.2 Å². The predicted molar refractivity (Wildman–Crippen MR) is 139 cm³/mol. The lowest BCUT2D eigenvalue weighted by atomic mass is 10.2. The Morgan fingerprint density at radius 2 is 1.91 bits per heavy atom. The minimum atomic E-state index is -0.0867. The second-order valence-corrected chi connectivity index (χ2v) is 9.51. The Bertz CT molecular complexity index is 1240. The van der Waals surface area contributed by atoms with Gasteiger partial charge in [0.25, 0.3) is 0 Å². The van der Waals surface area contributed by atoms with Gasteiger partial charge in [-0.25, -0.2) is 4.98 Å². The number of anilines is 1. The molecule has 0 saturated carbocycles. The Hall–Kier alpha value is -3.16. The molecule has 3 aromatic carbocycles. The number of nitrogens with zero attached hydrogens (tertiary/aromatic N) is 3. The van der Waals surface area contributed by atoms with Gasteiger partial charge in [0.1, 0.15) is 5.75 Å². The number of benzene rings is 3. The third-order valence-corrected chi connectivity index (χ3v) is 6.80. The molecule has 5 nitrogen and oxygen atoms in total. The van der Waals surface area contributed by atoms with Crippen LogP contribution in [0.15, 0.2) is 82.8 Å². The van der Waals surface area contributed by atoms with Gasteiger partial charge in [-0.1, -0.05) is 35.6 Å². The van der Waals surface area contributed by atoms with E-state index in [4.69, 9.17) is 4.74 Å². The Balaban J connectivity index is 1.54. The van der Waals surface area contributed by atoms with Gasteiger partial charge in [0.15, 0.2) is 0 Å². The lowest BCUT2D eigenvalue weighted by molar-refractivity contribution is -0.118. The first-order valence-corrected chi connectivity index (χ1v) is 12.6. The lowest BCUT2D eigenvalue weighted by Gasteiger charge is -2.13. The van der Waals surface area contributed by atoms with E-state index < -0.39 is 0 Å². The number of carbonyl (C=O) groups is 1. The number of fused-ring (bicyclic) bond motifs is 1. The summed E-state index contributed by atoms with van der Waals surface area (Å²) in [5.41, 5.74) is 2.91. The zero-order valence-corrected chi connectivity index (χ0v) is 20.2. The van der Waals surface area contributed by atoms with Crippen LogP contribution in [0.3, 0.4) is 0 Å². The number of amides is 1. The van der Waals surface area contributed by atoms with Crippen LogP contribution >= 0.6 is 23.1 Å². The van der Waals surface area contributed by atoms with Gasteiger partial charge in [0.2, 0.25) is 11.0 Å². The van der Waals surface area contributed by atoms with Crippen molar-refractivity contribution >= 4 is 50.6 Å². The molecule has 0 saturated heterocycles. The van der Waals surface area contributed by atoms with Crippen molar-refractivity contribution in [1.82, 2.24) is 4.98 Å². The summed E-state index contributed by atoms with van der Waals surface area (Å²) in [6, 6.07) is 23.8. The van der Waals surface area contributed by atoms with Gasteiger partial charge in [-0.2, -0.15) is 10.1 Å². The van der Waals surface area contributed by atoms with Gasteiger partial charge in [-0.15, -0.1) is 11.8 Å². The maximum Gasteiger partial charge on any atom is 0.250 e. The number of hydrogen-bond acceptors (Lipinski definition) is 6. The van der Waals surface area contributed by atoms with Crippen LogP contribution in [0.1, 0.15) is 24.5 Å². The standard InChI is InChI=1S/C26H25N3O2S2/c1-3-31-21-12-10-20(11-13-21)18-27-29(25(30)15-16-32-22-7-5-4-6-8-22)26-28-23-14-9-19(2)17-24(23)33-26/h4-14,17-18H,3,15-16H2,1-2H3/b27-18+. The molecule has 4 aromatic rings. The highest BCUT2D eigenvalue weighted by molar-refractivity contribution is 7.99. The topological polar surface area (TPSA) is 54.8 Å².